The van der Waals surface area contributed by atoms with E-state index in [0.29, 0.717) is 18.1 Å². The van der Waals surface area contributed by atoms with Crippen LogP contribution >= 0.6 is 0 Å². The van der Waals surface area contributed by atoms with E-state index in [1.165, 1.54) is 12.0 Å². The van der Waals surface area contributed by atoms with E-state index in [4.69, 9.17) is 4.74 Å². The molecule has 2 fully saturated rings. The van der Waals surface area contributed by atoms with Gasteiger partial charge in [0, 0.05) is 26.1 Å². The van der Waals surface area contributed by atoms with Crippen LogP contribution in [0.25, 0.3) is 0 Å². The smallest absolute Gasteiger partial charge is 0.222 e. The zero-order valence-electron chi connectivity index (χ0n) is 15.5. The van der Waals surface area contributed by atoms with Crippen LogP contribution in [0.15, 0.2) is 24.3 Å². The Bertz CT molecular complexity index is 597. The molecule has 1 unspecified atom stereocenters. The summed E-state index contributed by atoms with van der Waals surface area (Å²) in [7, 11) is 0. The lowest BCUT2D eigenvalue weighted by molar-refractivity contribution is -0.135. The van der Waals surface area contributed by atoms with Gasteiger partial charge in [0.05, 0.1) is 6.10 Å². The van der Waals surface area contributed by atoms with Gasteiger partial charge in [0.1, 0.15) is 5.75 Å². The topological polar surface area (TPSA) is 49.8 Å². The number of benzene rings is 1. The van der Waals surface area contributed by atoms with Crippen LogP contribution < -0.4 is 0 Å². The minimum Gasteiger partial charge on any atom is -0.508 e. The fourth-order valence-corrected chi connectivity index (χ4v) is 4.23. The number of aromatic hydroxyl groups is 1. The summed E-state index contributed by atoms with van der Waals surface area (Å²) < 4.78 is 5.74. The van der Waals surface area contributed by atoms with E-state index >= 15 is 0 Å². The molecule has 2 aliphatic rings. The van der Waals surface area contributed by atoms with Crippen molar-refractivity contribution in [2.75, 3.05) is 19.7 Å². The van der Waals surface area contributed by atoms with Crippen LogP contribution in [0.4, 0.5) is 0 Å². The van der Waals surface area contributed by atoms with Gasteiger partial charge < -0.3 is 14.7 Å². The van der Waals surface area contributed by atoms with Gasteiger partial charge >= 0.3 is 0 Å². The molecule has 4 heteroatoms. The van der Waals surface area contributed by atoms with Crippen LogP contribution in [0.3, 0.4) is 0 Å². The third kappa shape index (κ3) is 4.17. The van der Waals surface area contributed by atoms with Crippen molar-refractivity contribution < 1.29 is 14.6 Å². The maximum atomic E-state index is 12.6. The Morgan fingerprint density at radius 3 is 2.92 bits per heavy atom. The molecule has 0 spiro atoms. The lowest BCUT2D eigenvalue weighted by atomic mass is 9.68. The fourth-order valence-electron chi connectivity index (χ4n) is 4.23. The van der Waals surface area contributed by atoms with Crippen LogP contribution in [0.5, 0.6) is 5.75 Å². The van der Waals surface area contributed by atoms with E-state index in [1.54, 1.807) is 6.07 Å². The number of phenolic OH excluding ortho intramolecular Hbond substituents is 1. The van der Waals surface area contributed by atoms with Crippen LogP contribution in [-0.4, -0.2) is 41.7 Å². The summed E-state index contributed by atoms with van der Waals surface area (Å²) >= 11 is 0. The number of rotatable bonds is 4. The Morgan fingerprint density at radius 2 is 2.24 bits per heavy atom. The predicted molar refractivity (Wildman–Crippen MR) is 98.6 cm³/mol. The summed E-state index contributed by atoms with van der Waals surface area (Å²) in [5.74, 6) is 0.939. The van der Waals surface area contributed by atoms with Gasteiger partial charge in [0.25, 0.3) is 0 Å². The minimum absolute atomic E-state index is 0.00199. The second-order valence-electron chi connectivity index (χ2n) is 7.99. The van der Waals surface area contributed by atoms with Crippen molar-refractivity contribution in [2.24, 2.45) is 5.92 Å². The first-order chi connectivity index (χ1) is 12.0. The van der Waals surface area contributed by atoms with Crippen molar-refractivity contribution in [1.29, 1.82) is 0 Å². The van der Waals surface area contributed by atoms with Gasteiger partial charge in [0.2, 0.25) is 5.91 Å². The number of likely N-dealkylation sites (tertiary alicyclic amines) is 1. The molecule has 2 saturated heterocycles. The Balaban J connectivity index is 1.56. The molecule has 4 nitrogen and oxygen atoms in total. The van der Waals surface area contributed by atoms with Crippen molar-refractivity contribution in [1.82, 2.24) is 4.90 Å². The average Bonchev–Trinajstić information content (AvgIpc) is 2.63. The molecule has 1 N–H and O–H groups in total. The number of hydrogen-bond donors (Lipinski definition) is 1. The van der Waals surface area contributed by atoms with Crippen LogP contribution in [0.1, 0.15) is 57.9 Å². The highest BCUT2D eigenvalue weighted by atomic mass is 16.5. The van der Waals surface area contributed by atoms with E-state index < -0.39 is 0 Å². The molecule has 2 aliphatic heterocycles. The van der Waals surface area contributed by atoms with Gasteiger partial charge in [-0.2, -0.15) is 0 Å². The first kappa shape index (κ1) is 18.2. The number of piperidine rings is 1. The van der Waals surface area contributed by atoms with Gasteiger partial charge in [-0.25, -0.2) is 0 Å². The maximum absolute atomic E-state index is 12.6. The molecule has 25 heavy (non-hydrogen) atoms. The van der Waals surface area contributed by atoms with Crippen molar-refractivity contribution >= 4 is 5.91 Å². The summed E-state index contributed by atoms with van der Waals surface area (Å²) in [5.41, 5.74) is 1.17. The fraction of sp³-hybridized carbons (Fsp3) is 0.667. The molecule has 1 aromatic rings. The second-order valence-corrected chi connectivity index (χ2v) is 7.99. The third-order valence-electron chi connectivity index (χ3n) is 6.30. The third-order valence-corrected chi connectivity index (χ3v) is 6.30. The standard InChI is InChI=1S/C21H31NO3/c1-16-15-22(20(24)10-9-19-8-3-4-13-25-19)12-11-21(16,2)17-6-5-7-18(23)14-17/h5-7,14,16,19,23H,3-4,8-13,15H2,1-2H3/t16-,19?,21-/m0/s1. The number of ether oxygens (including phenoxy) is 1. The summed E-state index contributed by atoms with van der Waals surface area (Å²) in [4.78, 5) is 14.6. The van der Waals surface area contributed by atoms with Gasteiger partial charge in [-0.3, -0.25) is 4.79 Å². The largest absolute Gasteiger partial charge is 0.508 e. The van der Waals surface area contributed by atoms with Gasteiger partial charge in [-0.15, -0.1) is 0 Å². The summed E-state index contributed by atoms with van der Waals surface area (Å²) in [6.07, 6.45) is 6.14. The molecular formula is C21H31NO3. The number of phenols is 1. The zero-order chi connectivity index (χ0) is 17.9. The quantitative estimate of drug-likeness (QED) is 0.901. The van der Waals surface area contributed by atoms with Crippen molar-refractivity contribution in [3.8, 4) is 5.75 Å². The predicted octanol–water partition coefficient (Wildman–Crippen LogP) is 3.87. The van der Waals surface area contributed by atoms with Crippen molar-refractivity contribution in [2.45, 2.75) is 63.9 Å². The van der Waals surface area contributed by atoms with Crippen molar-refractivity contribution in [3.63, 3.8) is 0 Å². The summed E-state index contributed by atoms with van der Waals surface area (Å²) in [5, 5.41) is 9.80. The van der Waals surface area contributed by atoms with E-state index in [-0.39, 0.29) is 17.4 Å². The summed E-state index contributed by atoms with van der Waals surface area (Å²) in [6, 6.07) is 7.58. The molecule has 3 rings (SSSR count). The first-order valence-corrected chi connectivity index (χ1v) is 9.68. The van der Waals surface area contributed by atoms with Gasteiger partial charge in [0.15, 0.2) is 0 Å². The van der Waals surface area contributed by atoms with Crippen LogP contribution in [-0.2, 0) is 14.9 Å². The molecule has 0 saturated carbocycles. The highest BCUT2D eigenvalue weighted by Crippen LogP contribution is 2.40. The highest BCUT2D eigenvalue weighted by molar-refractivity contribution is 5.76. The molecule has 0 aromatic heterocycles. The Labute approximate surface area is 151 Å². The lowest BCUT2D eigenvalue weighted by Gasteiger charge is -2.45. The number of carbonyl (C=O) groups excluding carboxylic acids is 1. The Kier molecular flexibility index (Phi) is 5.67. The normalized spacial score (nSPS) is 30.2. The monoisotopic (exact) mass is 345 g/mol. The number of carbonyl (C=O) groups is 1. The van der Waals surface area contributed by atoms with E-state index in [1.807, 2.05) is 17.0 Å². The molecule has 3 atom stereocenters. The molecule has 0 bridgehead atoms. The Morgan fingerprint density at radius 1 is 1.40 bits per heavy atom. The van der Waals surface area contributed by atoms with Crippen LogP contribution in [0, 0.1) is 5.92 Å². The van der Waals surface area contributed by atoms with Crippen molar-refractivity contribution in [3.05, 3.63) is 29.8 Å². The average molecular weight is 345 g/mol. The van der Waals surface area contributed by atoms with Gasteiger partial charge in [-0.1, -0.05) is 26.0 Å². The molecule has 0 aliphatic carbocycles. The minimum atomic E-state index is 0.00199. The number of nitrogens with zero attached hydrogens (tertiary/aromatic N) is 1. The second kappa shape index (κ2) is 7.77. The Hall–Kier alpha value is -1.55. The number of hydrogen-bond acceptors (Lipinski definition) is 3. The van der Waals surface area contributed by atoms with E-state index in [9.17, 15) is 9.90 Å². The van der Waals surface area contributed by atoms with Crippen LogP contribution in [0.2, 0.25) is 0 Å². The van der Waals surface area contributed by atoms with Gasteiger partial charge in [-0.05, 0) is 61.1 Å². The summed E-state index contributed by atoms with van der Waals surface area (Å²) in [6.45, 7) is 6.90. The molecular weight excluding hydrogens is 314 g/mol. The lowest BCUT2D eigenvalue weighted by Crippen LogP contribution is -2.49. The molecule has 1 amide bonds. The molecule has 1 aromatic carbocycles. The number of amides is 1. The molecule has 0 radical (unpaired) electrons. The molecule has 138 valence electrons. The first-order valence-electron chi connectivity index (χ1n) is 9.68. The van der Waals surface area contributed by atoms with E-state index in [0.717, 1.165) is 45.4 Å². The SMILES string of the molecule is C[C@H]1CN(C(=O)CCC2CCCCO2)CC[C@]1(C)c1cccc(O)c1. The van der Waals surface area contributed by atoms with E-state index in [2.05, 4.69) is 19.9 Å². The highest BCUT2D eigenvalue weighted by Gasteiger charge is 2.39. The maximum Gasteiger partial charge on any atom is 0.222 e. The zero-order valence-corrected chi connectivity index (χ0v) is 15.5. The molecule has 2 heterocycles.